The van der Waals surface area contributed by atoms with E-state index in [9.17, 15) is 14.7 Å². The Bertz CT molecular complexity index is 1500. The zero-order valence-corrected chi connectivity index (χ0v) is 22.9. The summed E-state index contributed by atoms with van der Waals surface area (Å²) in [4.78, 5) is 28.3. The van der Waals surface area contributed by atoms with Crippen molar-refractivity contribution in [2.45, 2.75) is 44.7 Å². The van der Waals surface area contributed by atoms with Gasteiger partial charge in [0.05, 0.1) is 6.04 Å². The van der Waals surface area contributed by atoms with Crippen LogP contribution in [0.15, 0.2) is 79.0 Å². The van der Waals surface area contributed by atoms with Gasteiger partial charge in [-0.3, -0.25) is 14.3 Å². The first-order valence-corrected chi connectivity index (χ1v) is 13.6. The van der Waals surface area contributed by atoms with Gasteiger partial charge in [-0.15, -0.1) is 0 Å². The van der Waals surface area contributed by atoms with Crippen LogP contribution in [0.5, 0.6) is 5.75 Å². The van der Waals surface area contributed by atoms with Crippen molar-refractivity contribution in [1.29, 1.82) is 0 Å². The zero-order chi connectivity index (χ0) is 28.2. The highest BCUT2D eigenvalue weighted by Crippen LogP contribution is 2.36. The van der Waals surface area contributed by atoms with Gasteiger partial charge in [0.1, 0.15) is 17.5 Å². The van der Waals surface area contributed by atoms with Crippen molar-refractivity contribution in [2.24, 2.45) is 12.8 Å². The number of piperidine rings is 1. The molecule has 2 atom stereocenters. The highest BCUT2D eigenvalue weighted by Gasteiger charge is 2.34. The Morgan fingerprint density at radius 3 is 2.55 bits per heavy atom. The minimum atomic E-state index is -0.698. The number of likely N-dealkylation sites (tertiary alicyclic amines) is 1. The second kappa shape index (κ2) is 11.8. The number of carbonyl (C=O) groups is 2. The minimum absolute atomic E-state index is 0.171. The molecule has 2 amide bonds. The average molecular weight is 538 g/mol. The number of aromatic hydroxyl groups is 1. The van der Waals surface area contributed by atoms with E-state index in [-0.39, 0.29) is 17.6 Å². The minimum Gasteiger partial charge on any atom is -0.507 e. The molecule has 1 aliphatic heterocycles. The Labute approximate surface area is 234 Å². The number of nitrogens with zero attached hydrogens (tertiary/aromatic N) is 3. The molecule has 2 heterocycles. The van der Waals surface area contributed by atoms with Crippen LogP contribution in [0.1, 0.15) is 30.4 Å². The largest absolute Gasteiger partial charge is 0.507 e. The third-order valence-corrected chi connectivity index (χ3v) is 7.40. The van der Waals surface area contributed by atoms with Crippen LogP contribution in [0, 0.1) is 6.92 Å². The lowest BCUT2D eigenvalue weighted by atomic mass is 9.98. The first-order valence-electron chi connectivity index (χ1n) is 13.6. The molecule has 0 bridgehead atoms. The third-order valence-electron chi connectivity index (χ3n) is 7.40. The predicted octanol–water partition coefficient (Wildman–Crippen LogP) is 4.66. The van der Waals surface area contributed by atoms with E-state index >= 15 is 0 Å². The molecular formula is C32H35N5O3. The van der Waals surface area contributed by atoms with Gasteiger partial charge in [0.15, 0.2) is 0 Å². The quantitative estimate of drug-likeness (QED) is 0.317. The SMILES string of the molecule is Cc1ccc(O)c(-c2nn(C)cc2-c2ccc(NC(=O)C3CCCCN3C(=O)[C@@H](N)Cc3ccccc3)cc2)c1. The maximum Gasteiger partial charge on any atom is 0.247 e. The number of rotatable bonds is 7. The Balaban J connectivity index is 1.30. The molecule has 1 unspecified atom stereocenters. The number of phenolic OH excluding ortho intramolecular Hbond substituents is 1. The van der Waals surface area contributed by atoms with Crippen LogP contribution < -0.4 is 11.1 Å². The van der Waals surface area contributed by atoms with Crippen LogP contribution in [0.25, 0.3) is 22.4 Å². The Morgan fingerprint density at radius 1 is 1.05 bits per heavy atom. The van der Waals surface area contributed by atoms with Crippen molar-refractivity contribution in [3.63, 3.8) is 0 Å². The number of nitrogens with one attached hydrogen (secondary N) is 1. The zero-order valence-electron chi connectivity index (χ0n) is 22.9. The number of phenols is 1. The van der Waals surface area contributed by atoms with E-state index in [2.05, 4.69) is 10.4 Å². The first-order chi connectivity index (χ1) is 19.3. The lowest BCUT2D eigenvalue weighted by Crippen LogP contribution is -2.55. The summed E-state index contributed by atoms with van der Waals surface area (Å²) < 4.78 is 1.72. The Kier molecular flexibility index (Phi) is 7.98. The summed E-state index contributed by atoms with van der Waals surface area (Å²) >= 11 is 0. The normalized spacial score (nSPS) is 16.0. The van der Waals surface area contributed by atoms with E-state index in [0.717, 1.165) is 35.1 Å². The third kappa shape index (κ3) is 5.92. The molecule has 0 saturated carbocycles. The summed E-state index contributed by atoms with van der Waals surface area (Å²) in [6, 6.07) is 21.4. The fraction of sp³-hybridized carbons (Fsp3) is 0.281. The van der Waals surface area contributed by atoms with Gasteiger partial charge in [-0.05, 0) is 68.0 Å². The van der Waals surface area contributed by atoms with Gasteiger partial charge >= 0.3 is 0 Å². The van der Waals surface area contributed by atoms with Crippen molar-refractivity contribution in [3.05, 3.63) is 90.1 Å². The van der Waals surface area contributed by atoms with E-state index in [1.54, 1.807) is 15.6 Å². The van der Waals surface area contributed by atoms with E-state index in [1.165, 1.54) is 0 Å². The summed E-state index contributed by atoms with van der Waals surface area (Å²) in [5.74, 6) is -0.230. The molecule has 4 aromatic rings. The van der Waals surface area contributed by atoms with Gasteiger partial charge in [-0.2, -0.15) is 5.10 Å². The fourth-order valence-corrected chi connectivity index (χ4v) is 5.33. The molecule has 3 aromatic carbocycles. The molecular weight excluding hydrogens is 502 g/mol. The molecule has 1 fully saturated rings. The summed E-state index contributed by atoms with van der Waals surface area (Å²) in [7, 11) is 1.84. The monoisotopic (exact) mass is 537 g/mol. The van der Waals surface area contributed by atoms with E-state index in [1.807, 2.05) is 86.9 Å². The number of hydrogen-bond donors (Lipinski definition) is 3. The molecule has 0 spiro atoms. The second-order valence-corrected chi connectivity index (χ2v) is 10.5. The Hall–Kier alpha value is -4.43. The van der Waals surface area contributed by atoms with Crippen LogP contribution in [0.3, 0.4) is 0 Å². The second-order valence-electron chi connectivity index (χ2n) is 10.5. The van der Waals surface area contributed by atoms with Gasteiger partial charge < -0.3 is 21.1 Å². The van der Waals surface area contributed by atoms with Crippen LogP contribution >= 0.6 is 0 Å². The van der Waals surface area contributed by atoms with Crippen LogP contribution in [0.2, 0.25) is 0 Å². The number of hydrogen-bond acceptors (Lipinski definition) is 5. The molecule has 1 aliphatic rings. The number of anilines is 1. The van der Waals surface area contributed by atoms with Crippen molar-refractivity contribution in [1.82, 2.24) is 14.7 Å². The van der Waals surface area contributed by atoms with Gasteiger partial charge in [0, 0.05) is 36.6 Å². The van der Waals surface area contributed by atoms with Crippen molar-refractivity contribution >= 4 is 17.5 Å². The van der Waals surface area contributed by atoms with Crippen molar-refractivity contribution in [2.75, 3.05) is 11.9 Å². The molecule has 0 aliphatic carbocycles. The molecule has 8 nitrogen and oxygen atoms in total. The van der Waals surface area contributed by atoms with Crippen LogP contribution in [-0.2, 0) is 23.1 Å². The number of aryl methyl sites for hydroxylation is 2. The molecule has 1 aromatic heterocycles. The molecule has 206 valence electrons. The van der Waals surface area contributed by atoms with Crippen LogP contribution in [0.4, 0.5) is 5.69 Å². The van der Waals surface area contributed by atoms with Gasteiger partial charge in [0.25, 0.3) is 0 Å². The van der Waals surface area contributed by atoms with E-state index in [4.69, 9.17) is 5.73 Å². The lowest BCUT2D eigenvalue weighted by molar-refractivity contribution is -0.141. The highest BCUT2D eigenvalue weighted by atomic mass is 16.3. The number of nitrogens with two attached hydrogens (primary N) is 1. The Morgan fingerprint density at radius 2 is 1.80 bits per heavy atom. The van der Waals surface area contributed by atoms with Crippen molar-refractivity contribution < 1.29 is 14.7 Å². The predicted molar refractivity (Wildman–Crippen MR) is 157 cm³/mol. The molecule has 1 saturated heterocycles. The number of amides is 2. The van der Waals surface area contributed by atoms with Gasteiger partial charge in [0.2, 0.25) is 11.8 Å². The topological polar surface area (TPSA) is 113 Å². The molecule has 40 heavy (non-hydrogen) atoms. The summed E-state index contributed by atoms with van der Waals surface area (Å²) in [5, 5.41) is 18.1. The fourth-order valence-electron chi connectivity index (χ4n) is 5.33. The molecule has 5 rings (SSSR count). The number of aromatic nitrogens is 2. The highest BCUT2D eigenvalue weighted by molar-refractivity contribution is 5.98. The molecule has 4 N–H and O–H groups in total. The summed E-state index contributed by atoms with van der Waals surface area (Å²) in [6.07, 6.45) is 4.68. The average Bonchev–Trinajstić information content (AvgIpc) is 3.36. The van der Waals surface area contributed by atoms with E-state index < -0.39 is 12.1 Å². The van der Waals surface area contributed by atoms with E-state index in [0.29, 0.717) is 36.3 Å². The maximum atomic E-state index is 13.3. The smallest absolute Gasteiger partial charge is 0.247 e. The van der Waals surface area contributed by atoms with Crippen LogP contribution in [-0.4, -0.2) is 50.2 Å². The molecule has 0 radical (unpaired) electrons. The number of benzene rings is 3. The van der Waals surface area contributed by atoms with Gasteiger partial charge in [-0.25, -0.2) is 0 Å². The van der Waals surface area contributed by atoms with Gasteiger partial charge in [-0.1, -0.05) is 54.1 Å². The summed E-state index contributed by atoms with van der Waals surface area (Å²) in [5.41, 5.74) is 12.1. The lowest BCUT2D eigenvalue weighted by Gasteiger charge is -2.36. The molecule has 8 heteroatoms. The standard InChI is InChI=1S/C32H35N5O3/c1-21-11-16-29(38)25(18-21)30-26(20-36(2)35-30)23-12-14-24(15-13-23)34-31(39)28-10-6-7-17-37(28)32(40)27(33)19-22-8-4-3-5-9-22/h3-5,8-9,11-16,18,20,27-28,38H,6-7,10,17,19,33H2,1-2H3,(H,34,39)/t27-,28?/m0/s1. The summed E-state index contributed by atoms with van der Waals surface area (Å²) in [6.45, 7) is 2.49. The first kappa shape index (κ1) is 27.1. The number of carbonyl (C=O) groups excluding carboxylic acids is 2. The van der Waals surface area contributed by atoms with Crippen molar-refractivity contribution in [3.8, 4) is 28.1 Å². The maximum absolute atomic E-state index is 13.3.